The molecule has 88 valence electrons. The Balaban J connectivity index is 1.89. The third kappa shape index (κ3) is 2.29. The molecule has 3 nitrogen and oxygen atoms in total. The van der Waals surface area contributed by atoms with Crippen molar-refractivity contribution in [2.75, 3.05) is 6.54 Å². The zero-order valence-corrected chi connectivity index (χ0v) is 9.79. The van der Waals surface area contributed by atoms with Gasteiger partial charge in [0.15, 0.2) is 5.76 Å². The summed E-state index contributed by atoms with van der Waals surface area (Å²) in [6.45, 7) is 2.99. The van der Waals surface area contributed by atoms with Gasteiger partial charge in [0.1, 0.15) is 0 Å². The smallest absolute Gasteiger partial charge is 0.286 e. The quantitative estimate of drug-likeness (QED) is 0.849. The first kappa shape index (κ1) is 11.2. The third-order valence-electron chi connectivity index (χ3n) is 3.78. The van der Waals surface area contributed by atoms with E-state index in [1.54, 1.807) is 12.1 Å². The van der Waals surface area contributed by atoms with Gasteiger partial charge in [0.05, 0.1) is 6.26 Å². The number of furan rings is 1. The fourth-order valence-corrected chi connectivity index (χ4v) is 2.54. The first-order valence-electron chi connectivity index (χ1n) is 6.07. The Hall–Kier alpha value is -1.25. The SMILES string of the molecule is CCC1(CNC(=O)c2ccco2)CCCC1. The largest absolute Gasteiger partial charge is 0.459 e. The van der Waals surface area contributed by atoms with Crippen molar-refractivity contribution in [1.82, 2.24) is 5.32 Å². The number of carbonyl (C=O) groups is 1. The Morgan fingerprint density at radius 2 is 2.25 bits per heavy atom. The molecule has 2 rings (SSSR count). The number of hydrogen-bond donors (Lipinski definition) is 1. The maximum atomic E-state index is 11.7. The minimum absolute atomic E-state index is 0.0928. The lowest BCUT2D eigenvalue weighted by molar-refractivity contribution is 0.0901. The minimum Gasteiger partial charge on any atom is -0.459 e. The van der Waals surface area contributed by atoms with E-state index >= 15 is 0 Å². The minimum atomic E-state index is -0.0928. The van der Waals surface area contributed by atoms with Crippen LogP contribution in [0.25, 0.3) is 0 Å². The maximum absolute atomic E-state index is 11.7. The highest BCUT2D eigenvalue weighted by Crippen LogP contribution is 2.40. The fraction of sp³-hybridized carbons (Fsp3) is 0.615. The number of rotatable bonds is 4. The predicted molar refractivity (Wildman–Crippen MR) is 62.2 cm³/mol. The van der Waals surface area contributed by atoms with Gasteiger partial charge in [-0.2, -0.15) is 0 Å². The van der Waals surface area contributed by atoms with Gasteiger partial charge in [-0.05, 0) is 36.8 Å². The Bertz CT molecular complexity index is 337. The molecule has 16 heavy (non-hydrogen) atoms. The van der Waals surface area contributed by atoms with Crippen LogP contribution in [0, 0.1) is 5.41 Å². The molecule has 0 unspecified atom stereocenters. The van der Waals surface area contributed by atoms with Crippen molar-refractivity contribution in [3.8, 4) is 0 Å². The van der Waals surface area contributed by atoms with Crippen LogP contribution in [0.5, 0.6) is 0 Å². The molecule has 1 aromatic rings. The molecule has 0 saturated heterocycles. The fourth-order valence-electron chi connectivity index (χ4n) is 2.54. The molecule has 1 saturated carbocycles. The topological polar surface area (TPSA) is 42.2 Å². The van der Waals surface area contributed by atoms with Crippen molar-refractivity contribution in [2.45, 2.75) is 39.0 Å². The van der Waals surface area contributed by atoms with Crippen molar-refractivity contribution in [3.05, 3.63) is 24.2 Å². The molecule has 1 aliphatic carbocycles. The van der Waals surface area contributed by atoms with Crippen molar-refractivity contribution < 1.29 is 9.21 Å². The molecule has 1 heterocycles. The van der Waals surface area contributed by atoms with Crippen molar-refractivity contribution in [1.29, 1.82) is 0 Å². The first-order chi connectivity index (χ1) is 7.76. The second-order valence-electron chi connectivity index (χ2n) is 4.72. The van der Waals surface area contributed by atoms with Gasteiger partial charge in [-0.3, -0.25) is 4.79 Å². The number of hydrogen-bond acceptors (Lipinski definition) is 2. The standard InChI is InChI=1S/C13H19NO2/c1-2-13(7-3-4-8-13)10-14-12(15)11-6-5-9-16-11/h5-6,9H,2-4,7-8,10H2,1H3,(H,14,15). The van der Waals surface area contributed by atoms with Gasteiger partial charge in [0, 0.05) is 6.54 Å². The maximum Gasteiger partial charge on any atom is 0.286 e. The molecule has 1 aliphatic rings. The summed E-state index contributed by atoms with van der Waals surface area (Å²) < 4.78 is 5.07. The Kier molecular flexibility index (Phi) is 3.32. The molecular formula is C13H19NO2. The van der Waals surface area contributed by atoms with E-state index in [9.17, 15) is 4.79 Å². The normalized spacial score (nSPS) is 18.6. The van der Waals surface area contributed by atoms with E-state index in [0.717, 1.165) is 13.0 Å². The van der Waals surface area contributed by atoms with Crippen LogP contribution in [0.15, 0.2) is 22.8 Å². The summed E-state index contributed by atoms with van der Waals surface area (Å²) in [4.78, 5) is 11.7. The van der Waals surface area contributed by atoms with Crippen LogP contribution in [0.2, 0.25) is 0 Å². The van der Waals surface area contributed by atoms with Gasteiger partial charge in [0.25, 0.3) is 5.91 Å². The third-order valence-corrected chi connectivity index (χ3v) is 3.78. The summed E-state index contributed by atoms with van der Waals surface area (Å²) in [5.41, 5.74) is 0.336. The molecular weight excluding hydrogens is 202 g/mol. The predicted octanol–water partition coefficient (Wildman–Crippen LogP) is 2.98. The summed E-state index contributed by atoms with van der Waals surface area (Å²) in [5, 5.41) is 2.99. The van der Waals surface area contributed by atoms with Crippen molar-refractivity contribution in [2.24, 2.45) is 5.41 Å². The van der Waals surface area contributed by atoms with Gasteiger partial charge >= 0.3 is 0 Å². The number of carbonyl (C=O) groups excluding carboxylic acids is 1. The molecule has 1 fully saturated rings. The molecule has 0 radical (unpaired) electrons. The van der Waals surface area contributed by atoms with Gasteiger partial charge in [-0.25, -0.2) is 0 Å². The Labute approximate surface area is 96.2 Å². The Morgan fingerprint density at radius 3 is 2.81 bits per heavy atom. The average Bonchev–Trinajstić information content (AvgIpc) is 2.98. The lowest BCUT2D eigenvalue weighted by Crippen LogP contribution is -2.35. The van der Waals surface area contributed by atoms with Gasteiger partial charge in [-0.1, -0.05) is 19.8 Å². The van der Waals surface area contributed by atoms with Crippen LogP contribution in [-0.4, -0.2) is 12.5 Å². The van der Waals surface area contributed by atoms with Crippen LogP contribution < -0.4 is 5.32 Å². The highest BCUT2D eigenvalue weighted by atomic mass is 16.3. The van der Waals surface area contributed by atoms with E-state index in [1.165, 1.54) is 31.9 Å². The zero-order chi connectivity index (χ0) is 11.4. The molecule has 0 aliphatic heterocycles. The second kappa shape index (κ2) is 4.73. The molecule has 0 spiro atoms. The highest BCUT2D eigenvalue weighted by molar-refractivity contribution is 5.91. The molecule has 1 N–H and O–H groups in total. The average molecular weight is 221 g/mol. The van der Waals surface area contributed by atoms with Crippen LogP contribution in [0.1, 0.15) is 49.6 Å². The molecule has 0 bridgehead atoms. The lowest BCUT2D eigenvalue weighted by Gasteiger charge is -2.27. The van der Waals surface area contributed by atoms with Gasteiger partial charge in [0.2, 0.25) is 0 Å². The summed E-state index contributed by atoms with van der Waals surface area (Å²) in [6, 6.07) is 3.43. The van der Waals surface area contributed by atoms with Crippen LogP contribution in [-0.2, 0) is 0 Å². The summed E-state index contributed by atoms with van der Waals surface area (Å²) in [6.07, 6.45) is 7.74. The van der Waals surface area contributed by atoms with E-state index in [1.807, 2.05) is 0 Å². The zero-order valence-electron chi connectivity index (χ0n) is 9.79. The van der Waals surface area contributed by atoms with Crippen molar-refractivity contribution >= 4 is 5.91 Å². The molecule has 0 atom stereocenters. The van der Waals surface area contributed by atoms with E-state index in [-0.39, 0.29) is 5.91 Å². The molecule has 3 heteroatoms. The monoisotopic (exact) mass is 221 g/mol. The summed E-state index contributed by atoms with van der Waals surface area (Å²) in [7, 11) is 0. The van der Waals surface area contributed by atoms with Crippen molar-refractivity contribution in [3.63, 3.8) is 0 Å². The molecule has 1 aromatic heterocycles. The van der Waals surface area contributed by atoms with E-state index in [0.29, 0.717) is 11.2 Å². The molecule has 1 amide bonds. The Morgan fingerprint density at radius 1 is 1.50 bits per heavy atom. The van der Waals surface area contributed by atoms with Gasteiger partial charge in [-0.15, -0.1) is 0 Å². The molecule has 0 aromatic carbocycles. The lowest BCUT2D eigenvalue weighted by atomic mass is 9.83. The summed E-state index contributed by atoms with van der Waals surface area (Å²) >= 11 is 0. The van der Waals surface area contributed by atoms with Gasteiger partial charge < -0.3 is 9.73 Å². The number of nitrogens with one attached hydrogen (secondary N) is 1. The van der Waals surface area contributed by atoms with E-state index in [4.69, 9.17) is 4.42 Å². The summed E-state index contributed by atoms with van der Waals surface area (Å²) in [5.74, 6) is 0.314. The van der Waals surface area contributed by atoms with Crippen LogP contribution >= 0.6 is 0 Å². The van der Waals surface area contributed by atoms with Crippen LogP contribution in [0.4, 0.5) is 0 Å². The van der Waals surface area contributed by atoms with Crippen LogP contribution in [0.3, 0.4) is 0 Å². The van der Waals surface area contributed by atoms with E-state index < -0.39 is 0 Å². The first-order valence-corrected chi connectivity index (χ1v) is 6.07. The second-order valence-corrected chi connectivity index (χ2v) is 4.72. The van der Waals surface area contributed by atoms with E-state index in [2.05, 4.69) is 12.2 Å². The number of amides is 1. The highest BCUT2D eigenvalue weighted by Gasteiger charge is 2.32.